The Morgan fingerprint density at radius 3 is 2.31 bits per heavy atom. The highest BCUT2D eigenvalue weighted by Gasteiger charge is 2.57. The van der Waals surface area contributed by atoms with E-state index in [0.717, 1.165) is 17.6 Å². The van der Waals surface area contributed by atoms with E-state index >= 15 is 0 Å². The van der Waals surface area contributed by atoms with E-state index in [-0.39, 0.29) is 11.6 Å². The van der Waals surface area contributed by atoms with E-state index in [1.54, 1.807) is 0 Å². The number of methoxy groups -OCH3 is 1. The van der Waals surface area contributed by atoms with Crippen molar-refractivity contribution >= 4 is 6.03 Å². The lowest BCUT2D eigenvalue weighted by Gasteiger charge is -2.60. The third-order valence-electron chi connectivity index (χ3n) is 6.82. The molecule has 142 valence electrons. The molecule has 0 aromatic heterocycles. The van der Waals surface area contributed by atoms with Gasteiger partial charge in [-0.3, -0.25) is 0 Å². The van der Waals surface area contributed by atoms with E-state index < -0.39 is 0 Å². The summed E-state index contributed by atoms with van der Waals surface area (Å²) in [5.74, 6) is 3.81. The summed E-state index contributed by atoms with van der Waals surface area (Å²) in [4.78, 5) is 12.2. The maximum atomic E-state index is 12.2. The molecule has 0 aliphatic heterocycles. The first-order valence-electron chi connectivity index (χ1n) is 9.94. The molecule has 4 aliphatic rings. The topological polar surface area (TPSA) is 59.6 Å². The summed E-state index contributed by atoms with van der Waals surface area (Å²) >= 11 is 0. The fourth-order valence-corrected chi connectivity index (χ4v) is 5.81. The highest BCUT2D eigenvalue weighted by Crippen LogP contribution is 2.59. The van der Waals surface area contributed by atoms with Crippen LogP contribution in [0.25, 0.3) is 0 Å². The third kappa shape index (κ3) is 3.41. The smallest absolute Gasteiger partial charge is 0.315 e. The lowest BCUT2D eigenvalue weighted by molar-refractivity contribution is -0.186. The molecule has 4 saturated carbocycles. The minimum absolute atomic E-state index is 0.133. The molecule has 26 heavy (non-hydrogen) atoms. The number of hydrogen-bond donors (Lipinski definition) is 2. The molecule has 0 heterocycles. The van der Waals surface area contributed by atoms with E-state index in [0.29, 0.717) is 31.5 Å². The van der Waals surface area contributed by atoms with Gasteiger partial charge >= 0.3 is 6.03 Å². The average molecular weight is 358 g/mol. The summed E-state index contributed by atoms with van der Waals surface area (Å²) < 4.78 is 11.7. The standard InChI is InChI=1S/C21H30N2O3/c1-25-21(17-10-15-9-16(12-17)13-18(21)11-15)14-23-20(24)22-7-8-26-19-5-3-2-4-6-19/h2-6,15-18H,7-14H2,1H3,(H2,22,23,24). The predicted octanol–water partition coefficient (Wildman–Crippen LogP) is 3.21. The number of nitrogens with one attached hydrogen (secondary N) is 2. The molecule has 4 bridgehead atoms. The van der Waals surface area contributed by atoms with Crippen molar-refractivity contribution in [1.29, 1.82) is 0 Å². The number of ether oxygens (including phenoxy) is 2. The number of hydrogen-bond acceptors (Lipinski definition) is 3. The van der Waals surface area contributed by atoms with Gasteiger partial charge in [-0.15, -0.1) is 0 Å². The largest absolute Gasteiger partial charge is 0.492 e. The van der Waals surface area contributed by atoms with Gasteiger partial charge in [-0.1, -0.05) is 18.2 Å². The van der Waals surface area contributed by atoms with Gasteiger partial charge in [0.1, 0.15) is 12.4 Å². The van der Waals surface area contributed by atoms with E-state index in [1.165, 1.54) is 32.1 Å². The van der Waals surface area contributed by atoms with Crippen LogP contribution in [0.15, 0.2) is 30.3 Å². The van der Waals surface area contributed by atoms with Gasteiger partial charge in [-0.2, -0.15) is 0 Å². The molecule has 2 amide bonds. The second kappa shape index (κ2) is 7.47. The van der Waals surface area contributed by atoms with Crippen LogP contribution in [0.3, 0.4) is 0 Å². The molecule has 1 aromatic carbocycles. The van der Waals surface area contributed by atoms with Crippen LogP contribution in [-0.2, 0) is 4.74 Å². The van der Waals surface area contributed by atoms with Gasteiger partial charge in [0.15, 0.2) is 0 Å². The lowest BCUT2D eigenvalue weighted by atomic mass is 9.49. The first-order valence-corrected chi connectivity index (χ1v) is 9.94. The monoisotopic (exact) mass is 358 g/mol. The van der Waals surface area contributed by atoms with E-state index in [9.17, 15) is 4.79 Å². The van der Waals surface area contributed by atoms with Crippen molar-refractivity contribution in [2.45, 2.75) is 37.7 Å². The normalized spacial score (nSPS) is 34.5. The summed E-state index contributed by atoms with van der Waals surface area (Å²) in [5, 5.41) is 5.96. The highest BCUT2D eigenvalue weighted by atomic mass is 16.5. The molecule has 5 heteroatoms. The van der Waals surface area contributed by atoms with Crippen LogP contribution in [0, 0.1) is 23.7 Å². The van der Waals surface area contributed by atoms with Crippen LogP contribution in [0.4, 0.5) is 4.79 Å². The van der Waals surface area contributed by atoms with Gasteiger partial charge in [0.05, 0.1) is 12.1 Å². The molecule has 0 radical (unpaired) electrons. The van der Waals surface area contributed by atoms with Crippen molar-refractivity contribution in [3.05, 3.63) is 30.3 Å². The van der Waals surface area contributed by atoms with Gasteiger partial charge in [0, 0.05) is 13.7 Å². The van der Waals surface area contributed by atoms with Crippen molar-refractivity contribution in [2.24, 2.45) is 23.7 Å². The van der Waals surface area contributed by atoms with Gasteiger partial charge in [-0.05, 0) is 67.9 Å². The van der Waals surface area contributed by atoms with Crippen molar-refractivity contribution in [2.75, 3.05) is 26.8 Å². The molecule has 5 nitrogen and oxygen atoms in total. The Morgan fingerprint density at radius 2 is 1.69 bits per heavy atom. The molecule has 4 aliphatic carbocycles. The predicted molar refractivity (Wildman–Crippen MR) is 100 cm³/mol. The van der Waals surface area contributed by atoms with E-state index in [4.69, 9.17) is 9.47 Å². The zero-order chi connectivity index (χ0) is 18.0. The fourth-order valence-electron chi connectivity index (χ4n) is 5.81. The van der Waals surface area contributed by atoms with Crippen molar-refractivity contribution in [3.63, 3.8) is 0 Å². The van der Waals surface area contributed by atoms with Gasteiger partial charge in [-0.25, -0.2) is 4.79 Å². The zero-order valence-electron chi connectivity index (χ0n) is 15.6. The van der Waals surface area contributed by atoms with Crippen LogP contribution >= 0.6 is 0 Å². The third-order valence-corrected chi connectivity index (χ3v) is 6.82. The average Bonchev–Trinajstić information content (AvgIpc) is 2.66. The van der Waals surface area contributed by atoms with Crippen LogP contribution < -0.4 is 15.4 Å². The number of rotatable bonds is 7. The van der Waals surface area contributed by atoms with Crippen LogP contribution in [-0.4, -0.2) is 38.4 Å². The van der Waals surface area contributed by atoms with Crippen LogP contribution in [0.1, 0.15) is 32.1 Å². The number of carbonyl (C=O) groups is 1. The molecular formula is C21H30N2O3. The van der Waals surface area contributed by atoms with Crippen molar-refractivity contribution < 1.29 is 14.3 Å². The Morgan fingerprint density at radius 1 is 1.04 bits per heavy atom. The van der Waals surface area contributed by atoms with Crippen LogP contribution in [0.5, 0.6) is 5.75 Å². The minimum atomic E-state index is -0.161. The second-order valence-electron chi connectivity index (χ2n) is 8.23. The quantitative estimate of drug-likeness (QED) is 0.736. The number of benzene rings is 1. The molecule has 4 fully saturated rings. The Kier molecular flexibility index (Phi) is 5.07. The summed E-state index contributed by atoms with van der Waals surface area (Å²) in [6, 6.07) is 9.51. The molecule has 0 unspecified atom stereocenters. The molecule has 2 N–H and O–H groups in total. The van der Waals surface area contributed by atoms with E-state index in [2.05, 4.69) is 10.6 Å². The number of carbonyl (C=O) groups excluding carboxylic acids is 1. The minimum Gasteiger partial charge on any atom is -0.492 e. The van der Waals surface area contributed by atoms with Crippen molar-refractivity contribution in [3.8, 4) is 5.75 Å². The Balaban J connectivity index is 1.23. The number of urea groups is 1. The van der Waals surface area contributed by atoms with Gasteiger partial charge < -0.3 is 20.1 Å². The lowest BCUT2D eigenvalue weighted by Crippen LogP contribution is -2.63. The Labute approximate surface area is 155 Å². The first-order chi connectivity index (χ1) is 12.7. The molecule has 0 atom stereocenters. The fraction of sp³-hybridized carbons (Fsp3) is 0.667. The van der Waals surface area contributed by atoms with Gasteiger partial charge in [0.2, 0.25) is 0 Å². The maximum Gasteiger partial charge on any atom is 0.315 e. The summed E-state index contributed by atoms with van der Waals surface area (Å²) in [5.41, 5.74) is -0.161. The Hall–Kier alpha value is -1.75. The molecular weight excluding hydrogens is 328 g/mol. The number of amides is 2. The van der Waals surface area contributed by atoms with E-state index in [1.807, 2.05) is 37.4 Å². The molecule has 1 aromatic rings. The number of para-hydroxylation sites is 1. The molecule has 0 spiro atoms. The summed E-state index contributed by atoms with van der Waals surface area (Å²) in [7, 11) is 1.83. The highest BCUT2D eigenvalue weighted by molar-refractivity contribution is 5.73. The van der Waals surface area contributed by atoms with Crippen molar-refractivity contribution in [1.82, 2.24) is 10.6 Å². The maximum absolute atomic E-state index is 12.2. The summed E-state index contributed by atoms with van der Waals surface area (Å²) in [6.45, 7) is 1.56. The molecule has 0 saturated heterocycles. The summed E-state index contributed by atoms with van der Waals surface area (Å²) in [6.07, 6.45) is 6.51. The first kappa shape index (κ1) is 17.7. The second-order valence-corrected chi connectivity index (χ2v) is 8.23. The molecule has 5 rings (SSSR count). The Bertz CT molecular complexity index is 591. The zero-order valence-corrected chi connectivity index (χ0v) is 15.6. The SMILES string of the molecule is COC1(CNC(=O)NCCOc2ccccc2)C2CC3CC(C2)CC1C3. The van der Waals surface area contributed by atoms with Gasteiger partial charge in [0.25, 0.3) is 0 Å². The van der Waals surface area contributed by atoms with Crippen LogP contribution in [0.2, 0.25) is 0 Å².